The van der Waals surface area contributed by atoms with E-state index < -0.39 is 0 Å². The van der Waals surface area contributed by atoms with Gasteiger partial charge in [0.25, 0.3) is 0 Å². The van der Waals surface area contributed by atoms with Crippen molar-refractivity contribution in [3.8, 4) is 17.1 Å². The number of benzene rings is 1. The summed E-state index contributed by atoms with van der Waals surface area (Å²) in [6.45, 7) is 1.38. The van der Waals surface area contributed by atoms with Gasteiger partial charge in [-0.2, -0.15) is 9.36 Å². The lowest BCUT2D eigenvalue weighted by Gasteiger charge is -2.00. The summed E-state index contributed by atoms with van der Waals surface area (Å²) < 4.78 is 14.4. The number of hydrogen-bond donors (Lipinski definition) is 1. The molecule has 6 heteroatoms. The average Bonchev–Trinajstić information content (AvgIpc) is 2.88. The molecule has 0 bridgehead atoms. The van der Waals surface area contributed by atoms with E-state index in [4.69, 9.17) is 9.47 Å². The van der Waals surface area contributed by atoms with Gasteiger partial charge < -0.3 is 14.8 Å². The first-order chi connectivity index (χ1) is 8.83. The minimum atomic E-state index is 0.650. The van der Waals surface area contributed by atoms with Gasteiger partial charge in [0, 0.05) is 30.8 Å². The zero-order valence-electron chi connectivity index (χ0n) is 10.3. The summed E-state index contributed by atoms with van der Waals surface area (Å²) in [6, 6.07) is 7.68. The first kappa shape index (κ1) is 12.8. The highest BCUT2D eigenvalue weighted by Gasteiger charge is 2.06. The largest absolute Gasteiger partial charge is 0.497 e. The highest BCUT2D eigenvalue weighted by molar-refractivity contribution is 7.09. The molecule has 96 valence electrons. The van der Waals surface area contributed by atoms with Gasteiger partial charge in [-0.05, 0) is 24.3 Å². The number of aromatic nitrogens is 2. The minimum Gasteiger partial charge on any atom is -0.497 e. The first-order valence-corrected chi connectivity index (χ1v) is 6.32. The molecule has 0 radical (unpaired) electrons. The van der Waals surface area contributed by atoms with Crippen molar-refractivity contribution in [2.45, 2.75) is 0 Å². The molecule has 1 heterocycles. The Morgan fingerprint density at radius 2 is 2.00 bits per heavy atom. The average molecular weight is 265 g/mol. The van der Waals surface area contributed by atoms with Crippen LogP contribution in [0.15, 0.2) is 24.3 Å². The Morgan fingerprint density at radius 1 is 1.22 bits per heavy atom. The molecule has 0 aliphatic heterocycles. The molecule has 0 spiro atoms. The SMILES string of the molecule is COCCNc1nc(-c2ccc(OC)cc2)ns1. The highest BCUT2D eigenvalue weighted by Crippen LogP contribution is 2.23. The van der Waals surface area contributed by atoms with E-state index in [1.165, 1.54) is 11.5 Å². The van der Waals surface area contributed by atoms with Crippen LogP contribution in [0.5, 0.6) is 5.75 Å². The summed E-state index contributed by atoms with van der Waals surface area (Å²) in [7, 11) is 3.32. The fraction of sp³-hybridized carbons (Fsp3) is 0.333. The summed E-state index contributed by atoms with van der Waals surface area (Å²) in [4.78, 5) is 4.41. The van der Waals surface area contributed by atoms with Crippen LogP contribution in [0.4, 0.5) is 5.13 Å². The van der Waals surface area contributed by atoms with E-state index in [1.54, 1.807) is 14.2 Å². The summed E-state index contributed by atoms with van der Waals surface area (Å²) in [5.41, 5.74) is 0.979. The van der Waals surface area contributed by atoms with Crippen molar-refractivity contribution in [2.75, 3.05) is 32.7 Å². The quantitative estimate of drug-likeness (QED) is 0.812. The molecule has 2 aromatic rings. The van der Waals surface area contributed by atoms with Gasteiger partial charge in [-0.15, -0.1) is 0 Å². The van der Waals surface area contributed by atoms with Gasteiger partial charge in [-0.1, -0.05) is 0 Å². The maximum Gasteiger partial charge on any atom is 0.202 e. The second-order valence-electron chi connectivity index (χ2n) is 3.57. The minimum absolute atomic E-state index is 0.650. The van der Waals surface area contributed by atoms with Crippen molar-refractivity contribution >= 4 is 16.7 Å². The molecule has 5 nitrogen and oxygen atoms in total. The number of methoxy groups -OCH3 is 2. The molecular formula is C12H15N3O2S. The van der Waals surface area contributed by atoms with Crippen molar-refractivity contribution < 1.29 is 9.47 Å². The van der Waals surface area contributed by atoms with Crippen molar-refractivity contribution in [1.82, 2.24) is 9.36 Å². The van der Waals surface area contributed by atoms with E-state index in [9.17, 15) is 0 Å². The molecule has 1 N–H and O–H groups in total. The fourth-order valence-corrected chi connectivity index (χ4v) is 2.03. The van der Waals surface area contributed by atoms with Crippen LogP contribution in [-0.2, 0) is 4.74 Å². The van der Waals surface area contributed by atoms with E-state index in [1.807, 2.05) is 24.3 Å². The van der Waals surface area contributed by atoms with E-state index in [0.29, 0.717) is 6.61 Å². The van der Waals surface area contributed by atoms with Crippen LogP contribution in [0.1, 0.15) is 0 Å². The summed E-state index contributed by atoms with van der Waals surface area (Å²) in [5.74, 6) is 1.55. The van der Waals surface area contributed by atoms with Gasteiger partial charge >= 0.3 is 0 Å². The van der Waals surface area contributed by atoms with E-state index in [-0.39, 0.29) is 0 Å². The van der Waals surface area contributed by atoms with Crippen molar-refractivity contribution in [1.29, 1.82) is 0 Å². The normalized spacial score (nSPS) is 10.3. The second-order valence-corrected chi connectivity index (χ2v) is 4.32. The molecule has 0 saturated carbocycles. The van der Waals surface area contributed by atoms with Gasteiger partial charge in [0.2, 0.25) is 5.13 Å². The van der Waals surface area contributed by atoms with Crippen LogP contribution < -0.4 is 10.1 Å². The van der Waals surface area contributed by atoms with Gasteiger partial charge in [-0.3, -0.25) is 0 Å². The Bertz CT molecular complexity index is 484. The van der Waals surface area contributed by atoms with E-state index in [2.05, 4.69) is 14.7 Å². The zero-order chi connectivity index (χ0) is 12.8. The summed E-state index contributed by atoms with van der Waals surface area (Å²) in [5, 5.41) is 3.96. The number of rotatable bonds is 6. The topological polar surface area (TPSA) is 56.3 Å². The van der Waals surface area contributed by atoms with E-state index in [0.717, 1.165) is 28.8 Å². The van der Waals surface area contributed by atoms with Gasteiger partial charge in [0.05, 0.1) is 13.7 Å². The molecule has 0 fully saturated rings. The smallest absolute Gasteiger partial charge is 0.202 e. The molecule has 1 aromatic heterocycles. The van der Waals surface area contributed by atoms with Crippen LogP contribution in [0, 0.1) is 0 Å². The molecule has 1 aromatic carbocycles. The third kappa shape index (κ3) is 3.18. The molecule has 0 saturated heterocycles. The van der Waals surface area contributed by atoms with Gasteiger partial charge in [0.1, 0.15) is 5.75 Å². The highest BCUT2D eigenvalue weighted by atomic mass is 32.1. The van der Waals surface area contributed by atoms with Crippen molar-refractivity contribution in [3.05, 3.63) is 24.3 Å². The molecule has 0 atom stereocenters. The lowest BCUT2D eigenvalue weighted by Crippen LogP contribution is -2.06. The Morgan fingerprint density at radius 3 is 2.67 bits per heavy atom. The predicted octanol–water partition coefficient (Wildman–Crippen LogP) is 2.27. The number of hydrogen-bond acceptors (Lipinski definition) is 6. The summed E-state index contributed by atoms with van der Waals surface area (Å²) in [6.07, 6.45) is 0. The lowest BCUT2D eigenvalue weighted by atomic mass is 10.2. The number of anilines is 1. The van der Waals surface area contributed by atoms with Crippen molar-refractivity contribution in [3.63, 3.8) is 0 Å². The maximum absolute atomic E-state index is 5.11. The zero-order valence-corrected chi connectivity index (χ0v) is 11.2. The number of nitrogens with one attached hydrogen (secondary N) is 1. The Hall–Kier alpha value is -1.66. The van der Waals surface area contributed by atoms with Gasteiger partial charge in [0.15, 0.2) is 5.82 Å². The molecule has 0 aliphatic carbocycles. The monoisotopic (exact) mass is 265 g/mol. The van der Waals surface area contributed by atoms with Crippen LogP contribution in [-0.4, -0.2) is 36.7 Å². The number of ether oxygens (including phenoxy) is 2. The first-order valence-electron chi connectivity index (χ1n) is 5.54. The molecule has 0 aliphatic rings. The second kappa shape index (κ2) is 6.32. The Labute approximate surface area is 110 Å². The van der Waals surface area contributed by atoms with Crippen LogP contribution in [0.3, 0.4) is 0 Å². The molecule has 0 amide bonds. The Kier molecular flexibility index (Phi) is 4.49. The fourth-order valence-electron chi connectivity index (χ4n) is 1.41. The molecule has 0 unspecified atom stereocenters. The maximum atomic E-state index is 5.11. The third-order valence-corrected chi connectivity index (χ3v) is 3.03. The van der Waals surface area contributed by atoms with Crippen LogP contribution in [0.25, 0.3) is 11.4 Å². The Balaban J connectivity index is 2.04. The molecule has 2 rings (SSSR count). The van der Waals surface area contributed by atoms with E-state index >= 15 is 0 Å². The van der Waals surface area contributed by atoms with Crippen molar-refractivity contribution in [2.24, 2.45) is 0 Å². The lowest BCUT2D eigenvalue weighted by molar-refractivity contribution is 0.211. The summed E-state index contributed by atoms with van der Waals surface area (Å²) >= 11 is 1.35. The standard InChI is InChI=1S/C12H15N3O2S/c1-16-8-7-13-12-14-11(15-18-12)9-3-5-10(17-2)6-4-9/h3-6H,7-8H2,1-2H3,(H,13,14,15). The van der Waals surface area contributed by atoms with Gasteiger partial charge in [-0.25, -0.2) is 0 Å². The molecule has 18 heavy (non-hydrogen) atoms. The predicted molar refractivity (Wildman–Crippen MR) is 72.3 cm³/mol. The number of nitrogens with zero attached hydrogens (tertiary/aromatic N) is 2. The van der Waals surface area contributed by atoms with Crippen LogP contribution in [0.2, 0.25) is 0 Å². The van der Waals surface area contributed by atoms with Crippen LogP contribution >= 0.6 is 11.5 Å². The third-order valence-electron chi connectivity index (χ3n) is 2.36. The molecular weight excluding hydrogens is 250 g/mol.